The quantitative estimate of drug-likeness (QED) is 0.0643. The predicted molar refractivity (Wildman–Crippen MR) is 203 cm³/mol. The number of carbonyl (C=O) groups excluding carboxylic acids is 2. The molecule has 260 valence electrons. The number of nitrogens with zero attached hydrogens (tertiary/aromatic N) is 1. The number of fused-ring (bicyclic) bond motifs is 1. The zero-order valence-electron chi connectivity index (χ0n) is 30.4. The van der Waals surface area contributed by atoms with Gasteiger partial charge < -0.3 is 4.74 Å². The van der Waals surface area contributed by atoms with Crippen LogP contribution in [0.15, 0.2) is 97.1 Å². The van der Waals surface area contributed by atoms with Crippen LogP contribution in [0.25, 0.3) is 0 Å². The van der Waals surface area contributed by atoms with Crippen molar-refractivity contribution < 1.29 is 14.3 Å². The lowest BCUT2D eigenvalue weighted by Crippen LogP contribution is -2.34. The molecule has 0 saturated carbocycles. The first kappa shape index (κ1) is 37.8. The topological polar surface area (TPSA) is 46.6 Å². The number of hydrogen-bond donors (Lipinski definition) is 0. The Morgan fingerprint density at radius 3 is 1.98 bits per heavy atom. The maximum Gasteiger partial charge on any atom is 0.305 e. The van der Waals surface area contributed by atoms with E-state index >= 15 is 0 Å². The van der Waals surface area contributed by atoms with Gasteiger partial charge in [-0.3, -0.25) is 14.5 Å². The first-order chi connectivity index (χ1) is 24.0. The lowest BCUT2D eigenvalue weighted by atomic mass is 9.85. The van der Waals surface area contributed by atoms with Crippen molar-refractivity contribution in [1.29, 1.82) is 0 Å². The largest absolute Gasteiger partial charge is 0.466 e. The molecule has 1 aliphatic carbocycles. The Kier molecular flexibility index (Phi) is 15.8. The minimum absolute atomic E-state index is 0.102. The van der Waals surface area contributed by atoms with Crippen molar-refractivity contribution in [2.45, 2.75) is 104 Å². The predicted octanol–water partition coefficient (Wildman–Crippen LogP) is 10.1. The van der Waals surface area contributed by atoms with Gasteiger partial charge in [0.15, 0.2) is 5.78 Å². The summed E-state index contributed by atoms with van der Waals surface area (Å²) in [7, 11) is 0. The van der Waals surface area contributed by atoms with E-state index in [0.717, 1.165) is 82.9 Å². The maximum atomic E-state index is 12.1. The number of hydrogen-bond acceptors (Lipinski definition) is 4. The van der Waals surface area contributed by atoms with Crippen molar-refractivity contribution in [2.75, 3.05) is 19.7 Å². The second kappa shape index (κ2) is 20.5. The zero-order chi connectivity index (χ0) is 34.8. The lowest BCUT2D eigenvalue weighted by Gasteiger charge is -2.36. The molecule has 0 fully saturated rings. The van der Waals surface area contributed by atoms with Crippen molar-refractivity contribution in [3.63, 3.8) is 0 Å². The molecule has 0 aliphatic heterocycles. The fourth-order valence-electron chi connectivity index (χ4n) is 7.02. The number of Topliss-reactive ketones (excluding diaryl/α,β-unsaturated/α-hetero) is 1. The summed E-state index contributed by atoms with van der Waals surface area (Å²) in [4.78, 5) is 26.7. The first-order valence-electron chi connectivity index (χ1n) is 18.7. The number of ketones is 1. The molecule has 4 heteroatoms. The van der Waals surface area contributed by atoms with Crippen LogP contribution in [0.4, 0.5) is 0 Å². The Hall–Kier alpha value is -4.02. The highest BCUT2D eigenvalue weighted by Gasteiger charge is 2.26. The van der Waals surface area contributed by atoms with Crippen molar-refractivity contribution in [3.05, 3.63) is 142 Å². The molecule has 4 nitrogen and oxygen atoms in total. The standard InChI is InChI=1S/C43H51NO3.C2H6/c1-3-47-43(46)18-9-10-30-44(42-17-11-16-40-32-39(33(2)45)27-28-41(40)42)31-29-38-15-8-7-14-37(38)26-25-36-23-21-35(22-24-36)20-19-34-12-5-4-6-13-34;1-2/h4-8,12-15,21-24,27-28,32,42H,3,9-11,16-20,25-26,29-31H2,1-2H3;1-2H3. The van der Waals surface area contributed by atoms with Gasteiger partial charge in [-0.2, -0.15) is 0 Å². The molecule has 0 amide bonds. The number of aryl methyl sites for hydroxylation is 5. The molecule has 0 heterocycles. The van der Waals surface area contributed by atoms with Crippen molar-refractivity contribution in [2.24, 2.45) is 0 Å². The molecule has 0 N–H and O–H groups in total. The van der Waals surface area contributed by atoms with Crippen LogP contribution in [0, 0.1) is 0 Å². The summed E-state index contributed by atoms with van der Waals surface area (Å²) in [5.74, 6) is 0.0240. The van der Waals surface area contributed by atoms with E-state index in [4.69, 9.17) is 4.74 Å². The molecule has 0 saturated heterocycles. The maximum absolute atomic E-state index is 12.1. The molecule has 5 rings (SSSR count). The lowest BCUT2D eigenvalue weighted by molar-refractivity contribution is -0.143. The van der Waals surface area contributed by atoms with Crippen LogP contribution in [0.2, 0.25) is 0 Å². The summed E-state index contributed by atoms with van der Waals surface area (Å²) in [6.07, 6.45) is 10.7. The van der Waals surface area contributed by atoms with Crippen molar-refractivity contribution >= 4 is 11.8 Å². The molecule has 1 aliphatic rings. The summed E-state index contributed by atoms with van der Waals surface area (Å²) < 4.78 is 5.17. The van der Waals surface area contributed by atoms with Crippen LogP contribution < -0.4 is 0 Å². The molecule has 0 bridgehead atoms. The minimum atomic E-state index is -0.102. The second-order valence-corrected chi connectivity index (χ2v) is 13.0. The van der Waals surface area contributed by atoms with Gasteiger partial charge in [-0.15, -0.1) is 0 Å². The van der Waals surface area contributed by atoms with Crippen molar-refractivity contribution in [3.8, 4) is 0 Å². The molecular formula is C45H57NO3. The summed E-state index contributed by atoms with van der Waals surface area (Å²) in [5.41, 5.74) is 10.5. The molecule has 49 heavy (non-hydrogen) atoms. The van der Waals surface area contributed by atoms with Crippen LogP contribution in [0.1, 0.15) is 115 Å². The molecule has 4 aromatic rings. The monoisotopic (exact) mass is 659 g/mol. The second-order valence-electron chi connectivity index (χ2n) is 13.0. The van der Waals surface area contributed by atoms with Crippen LogP contribution in [-0.2, 0) is 48.1 Å². The van der Waals surface area contributed by atoms with Gasteiger partial charge in [0, 0.05) is 24.6 Å². The Morgan fingerprint density at radius 1 is 0.714 bits per heavy atom. The van der Waals surface area contributed by atoms with Gasteiger partial charge >= 0.3 is 5.97 Å². The third-order valence-electron chi connectivity index (χ3n) is 9.69. The molecule has 0 radical (unpaired) electrons. The van der Waals surface area contributed by atoms with E-state index in [9.17, 15) is 9.59 Å². The van der Waals surface area contributed by atoms with Gasteiger partial charge in [0.1, 0.15) is 0 Å². The number of benzene rings is 4. The highest BCUT2D eigenvalue weighted by molar-refractivity contribution is 5.94. The van der Waals surface area contributed by atoms with Gasteiger partial charge in [-0.25, -0.2) is 0 Å². The van der Waals surface area contributed by atoms with Gasteiger partial charge in [0.25, 0.3) is 0 Å². The number of carbonyl (C=O) groups is 2. The van der Waals surface area contributed by atoms with Gasteiger partial charge in [-0.05, 0) is 130 Å². The minimum Gasteiger partial charge on any atom is -0.466 e. The average Bonchev–Trinajstić information content (AvgIpc) is 3.14. The molecule has 0 spiro atoms. The Morgan fingerprint density at radius 2 is 1.33 bits per heavy atom. The summed E-state index contributed by atoms with van der Waals surface area (Å²) >= 11 is 0. The highest BCUT2D eigenvalue weighted by atomic mass is 16.5. The third-order valence-corrected chi connectivity index (χ3v) is 9.69. The Balaban J connectivity index is 0.00000265. The smallest absolute Gasteiger partial charge is 0.305 e. The first-order valence-corrected chi connectivity index (χ1v) is 18.7. The van der Waals surface area contributed by atoms with Crippen molar-refractivity contribution in [1.82, 2.24) is 4.90 Å². The summed E-state index contributed by atoms with van der Waals surface area (Å²) in [6, 6.07) is 35.5. The van der Waals surface area contributed by atoms with Crippen LogP contribution >= 0.6 is 0 Å². The highest BCUT2D eigenvalue weighted by Crippen LogP contribution is 2.35. The normalized spacial score (nSPS) is 13.7. The number of rotatable bonds is 17. The SMILES string of the molecule is CC.CCOC(=O)CCCCN(CCc1ccccc1CCc1ccc(CCc2ccccc2)cc1)C1CCCc2cc(C(C)=O)ccc21. The van der Waals surface area contributed by atoms with Crippen LogP contribution in [0.3, 0.4) is 0 Å². The zero-order valence-corrected chi connectivity index (χ0v) is 30.4. The van der Waals surface area contributed by atoms with E-state index in [1.165, 1.54) is 38.9 Å². The fraction of sp³-hybridized carbons (Fsp3) is 0.422. The van der Waals surface area contributed by atoms with E-state index < -0.39 is 0 Å². The Bertz CT molecular complexity index is 1580. The molecular weight excluding hydrogens is 602 g/mol. The molecule has 4 aromatic carbocycles. The number of esters is 1. The molecule has 1 atom stereocenters. The van der Waals surface area contributed by atoms with E-state index in [2.05, 4.69) is 95.9 Å². The fourth-order valence-corrected chi connectivity index (χ4v) is 7.02. The third kappa shape index (κ3) is 11.8. The van der Waals surface area contributed by atoms with E-state index in [1.54, 1.807) is 6.92 Å². The Labute approximate surface area is 295 Å². The van der Waals surface area contributed by atoms with E-state index in [0.29, 0.717) is 19.1 Å². The van der Waals surface area contributed by atoms with E-state index in [-0.39, 0.29) is 11.8 Å². The van der Waals surface area contributed by atoms with Gasteiger partial charge in [-0.1, -0.05) is 105 Å². The molecule has 0 aromatic heterocycles. The average molecular weight is 660 g/mol. The summed E-state index contributed by atoms with van der Waals surface area (Å²) in [5, 5.41) is 0. The van der Waals surface area contributed by atoms with Crippen LogP contribution in [-0.4, -0.2) is 36.3 Å². The van der Waals surface area contributed by atoms with Gasteiger partial charge in [0.05, 0.1) is 6.61 Å². The van der Waals surface area contributed by atoms with Gasteiger partial charge in [0.2, 0.25) is 0 Å². The summed E-state index contributed by atoms with van der Waals surface area (Å²) in [6.45, 7) is 9.85. The number of unbranched alkanes of at least 4 members (excludes halogenated alkanes) is 1. The van der Waals surface area contributed by atoms with Crippen LogP contribution in [0.5, 0.6) is 0 Å². The number of ether oxygens (including phenoxy) is 1. The molecule has 1 unspecified atom stereocenters. The van der Waals surface area contributed by atoms with E-state index in [1.807, 2.05) is 26.8 Å².